The Hall–Kier alpha value is -3.60. The number of esters is 1. The lowest BCUT2D eigenvalue weighted by Crippen LogP contribution is -2.41. The van der Waals surface area contributed by atoms with Crippen LogP contribution in [0.25, 0.3) is 5.52 Å². The van der Waals surface area contributed by atoms with E-state index in [9.17, 15) is 19.7 Å². The third-order valence-electron chi connectivity index (χ3n) is 6.10. The second-order valence-corrected chi connectivity index (χ2v) is 10.1. The lowest BCUT2D eigenvalue weighted by molar-refractivity contribution is -0.142. The van der Waals surface area contributed by atoms with Crippen LogP contribution in [0.5, 0.6) is 5.75 Å². The molecule has 196 valence electrons. The number of carbonyl (C=O) groups excluding carboxylic acids is 1. The zero-order valence-electron chi connectivity index (χ0n) is 20.2. The zero-order valence-corrected chi connectivity index (χ0v) is 21.1. The molecular weight excluding hydrogens is 505 g/mol. The topological polar surface area (TPSA) is 196 Å². The highest BCUT2D eigenvalue weighted by Crippen LogP contribution is 2.50. The highest BCUT2D eigenvalue weighted by molar-refractivity contribution is 7.52. The van der Waals surface area contributed by atoms with E-state index in [2.05, 4.69) is 31.0 Å². The van der Waals surface area contributed by atoms with Crippen LogP contribution in [0.1, 0.15) is 25.6 Å². The number of nitrogens with two attached hydrogens (primary N) is 1. The first-order chi connectivity index (χ1) is 17.6. The number of aliphatic hydroxyl groups is 1. The number of methoxy groups -OCH3 is 1. The van der Waals surface area contributed by atoms with Crippen LogP contribution in [-0.2, 0) is 23.4 Å². The van der Waals surface area contributed by atoms with Crippen molar-refractivity contribution in [3.8, 4) is 11.8 Å². The number of ether oxygens (including phenoxy) is 2. The molecule has 0 amide bonds. The first-order valence-corrected chi connectivity index (χ1v) is 12.7. The molecule has 0 aliphatic carbocycles. The van der Waals surface area contributed by atoms with Gasteiger partial charge in [-0.1, -0.05) is 6.92 Å². The summed E-state index contributed by atoms with van der Waals surface area (Å²) in [6.07, 6.45) is 1.92. The number of nitrogens with one attached hydrogen (secondary N) is 1. The fourth-order valence-electron chi connectivity index (χ4n) is 3.97. The van der Waals surface area contributed by atoms with E-state index in [4.69, 9.17) is 19.5 Å². The minimum Gasteiger partial charge on any atom is -0.468 e. The number of aliphatic hydroxyl groups excluding tert-OH is 1. The van der Waals surface area contributed by atoms with Crippen LogP contribution < -0.4 is 15.3 Å². The van der Waals surface area contributed by atoms with Crippen LogP contribution in [0.2, 0.25) is 0 Å². The van der Waals surface area contributed by atoms with Crippen molar-refractivity contribution in [2.75, 3.05) is 19.5 Å². The number of rotatable bonds is 9. The number of pyridine rings is 1. The molecule has 0 saturated carbocycles. The predicted molar refractivity (Wildman–Crippen MR) is 128 cm³/mol. The third kappa shape index (κ3) is 5.13. The van der Waals surface area contributed by atoms with E-state index in [0.717, 1.165) is 0 Å². The van der Waals surface area contributed by atoms with Gasteiger partial charge in [-0.05, 0) is 31.2 Å². The molecule has 0 aromatic carbocycles. The van der Waals surface area contributed by atoms with Gasteiger partial charge >= 0.3 is 13.7 Å². The van der Waals surface area contributed by atoms with Crippen molar-refractivity contribution < 1.29 is 33.0 Å². The Labute approximate surface area is 211 Å². The molecule has 37 heavy (non-hydrogen) atoms. The molecule has 0 bridgehead atoms. The van der Waals surface area contributed by atoms with E-state index in [1.807, 2.05) is 0 Å². The Morgan fingerprint density at radius 3 is 2.92 bits per heavy atom. The Kier molecular flexibility index (Phi) is 7.44. The summed E-state index contributed by atoms with van der Waals surface area (Å²) < 4.78 is 37.1. The van der Waals surface area contributed by atoms with E-state index in [1.54, 1.807) is 25.1 Å². The van der Waals surface area contributed by atoms with Gasteiger partial charge in [-0.25, -0.2) is 14.1 Å². The second kappa shape index (κ2) is 10.4. The normalized spacial score (nSPS) is 25.8. The molecule has 1 aliphatic heterocycles. The molecule has 3 aromatic heterocycles. The molecule has 4 rings (SSSR count). The quantitative estimate of drug-likeness (QED) is 0.265. The van der Waals surface area contributed by atoms with Gasteiger partial charge in [-0.3, -0.25) is 14.3 Å². The first-order valence-electron chi connectivity index (χ1n) is 11.2. The molecule has 4 N–H and O–H groups in total. The van der Waals surface area contributed by atoms with E-state index in [0.29, 0.717) is 11.2 Å². The monoisotopic (exact) mass is 531 g/mol. The van der Waals surface area contributed by atoms with Gasteiger partial charge < -0.3 is 24.8 Å². The third-order valence-corrected chi connectivity index (χ3v) is 7.73. The minimum atomic E-state index is -4.29. The van der Waals surface area contributed by atoms with Crippen molar-refractivity contribution in [3.63, 3.8) is 0 Å². The van der Waals surface area contributed by atoms with Gasteiger partial charge in [0.1, 0.15) is 42.4 Å². The number of aromatic nitrogens is 4. The predicted octanol–water partition coefficient (Wildman–Crippen LogP) is 1.39. The maximum Gasteiger partial charge on any atom is 0.459 e. The van der Waals surface area contributed by atoms with Crippen molar-refractivity contribution in [2.24, 2.45) is 5.92 Å². The van der Waals surface area contributed by atoms with E-state index < -0.39 is 50.1 Å². The Balaban J connectivity index is 1.60. The zero-order chi connectivity index (χ0) is 26.8. The smallest absolute Gasteiger partial charge is 0.459 e. The van der Waals surface area contributed by atoms with Crippen molar-refractivity contribution in [1.29, 1.82) is 5.26 Å². The largest absolute Gasteiger partial charge is 0.468 e. The fourth-order valence-corrected chi connectivity index (χ4v) is 5.48. The standard InChI is InChI=1S/C22H26N7O7P/c1-13-18(30)19(16-6-7-17-20(24)26-12-27-29(16)17)35-22(13,10-23)11-34-37(32,28-14(2)21(31)33-3)36-15-5-4-8-25-9-15/h4-9,12-14,18-19,30H,11H2,1-3H3,(H,28,32)(H2,24,26,27)/t13-,14-,18+,19-,22+,37?/m0/s1. The average Bonchev–Trinajstić information content (AvgIpc) is 3.43. The maximum absolute atomic E-state index is 13.7. The van der Waals surface area contributed by atoms with Crippen molar-refractivity contribution in [2.45, 2.75) is 37.7 Å². The summed E-state index contributed by atoms with van der Waals surface area (Å²) in [5, 5.41) is 27.8. The van der Waals surface area contributed by atoms with Crippen LogP contribution in [0.4, 0.5) is 5.82 Å². The number of hydrogen-bond acceptors (Lipinski definition) is 12. The van der Waals surface area contributed by atoms with Gasteiger partial charge in [0.15, 0.2) is 11.4 Å². The van der Waals surface area contributed by atoms with E-state index in [1.165, 1.54) is 43.3 Å². The molecule has 1 aliphatic rings. The number of nitrogen functional groups attached to an aromatic ring is 1. The second-order valence-electron chi connectivity index (χ2n) is 8.44. The highest BCUT2D eigenvalue weighted by Gasteiger charge is 2.55. The summed E-state index contributed by atoms with van der Waals surface area (Å²) in [7, 11) is -3.11. The van der Waals surface area contributed by atoms with Crippen molar-refractivity contribution >= 4 is 25.1 Å². The fraction of sp³-hybridized carbons (Fsp3) is 0.409. The van der Waals surface area contributed by atoms with Gasteiger partial charge in [-0.2, -0.15) is 15.4 Å². The molecule has 0 radical (unpaired) electrons. The number of hydrogen-bond donors (Lipinski definition) is 3. The molecule has 1 unspecified atom stereocenters. The number of nitrogens with zero attached hydrogens (tertiary/aromatic N) is 5. The molecule has 14 nitrogen and oxygen atoms in total. The molecule has 15 heteroatoms. The van der Waals surface area contributed by atoms with Crippen LogP contribution in [0.15, 0.2) is 43.0 Å². The van der Waals surface area contributed by atoms with Crippen LogP contribution in [0, 0.1) is 17.2 Å². The summed E-state index contributed by atoms with van der Waals surface area (Å²) >= 11 is 0. The first kappa shape index (κ1) is 26.5. The van der Waals surface area contributed by atoms with Crippen molar-refractivity contribution in [1.82, 2.24) is 24.7 Å². The lowest BCUT2D eigenvalue weighted by atomic mass is 9.88. The van der Waals surface area contributed by atoms with Gasteiger partial charge in [0.05, 0.1) is 25.1 Å². The summed E-state index contributed by atoms with van der Waals surface area (Å²) in [5.41, 5.74) is 5.10. The number of anilines is 1. The van der Waals surface area contributed by atoms with Gasteiger partial charge in [0, 0.05) is 12.1 Å². The SMILES string of the molecule is COC(=O)[C@H](C)NP(=O)(OC[C@@]1(C#N)O[C@@H](c2ccc3c(N)ncnn23)[C@H](O)[C@@H]1C)Oc1cccnc1. The summed E-state index contributed by atoms with van der Waals surface area (Å²) in [6, 6.07) is 7.35. The Morgan fingerprint density at radius 2 is 2.24 bits per heavy atom. The molecule has 1 fully saturated rings. The lowest BCUT2D eigenvalue weighted by Gasteiger charge is -2.28. The number of nitriles is 1. The average molecular weight is 531 g/mol. The van der Waals surface area contributed by atoms with E-state index in [-0.39, 0.29) is 11.6 Å². The molecule has 3 aromatic rings. The molecule has 0 spiro atoms. The summed E-state index contributed by atoms with van der Waals surface area (Å²) in [6.45, 7) is 2.44. The molecular formula is C22H26N7O7P. The number of carbonyl (C=O) groups is 1. The Morgan fingerprint density at radius 1 is 1.46 bits per heavy atom. The molecule has 4 heterocycles. The highest BCUT2D eigenvalue weighted by atomic mass is 31.2. The minimum absolute atomic E-state index is 0.0941. The van der Waals surface area contributed by atoms with Crippen LogP contribution in [0.3, 0.4) is 0 Å². The van der Waals surface area contributed by atoms with E-state index >= 15 is 0 Å². The Bertz CT molecular complexity index is 1360. The summed E-state index contributed by atoms with van der Waals surface area (Å²) in [5.74, 6) is -1.18. The maximum atomic E-state index is 13.7. The van der Waals surface area contributed by atoms with Gasteiger partial charge in [0.2, 0.25) is 0 Å². The van der Waals surface area contributed by atoms with Crippen LogP contribution in [-0.4, -0.2) is 62.1 Å². The summed E-state index contributed by atoms with van der Waals surface area (Å²) in [4.78, 5) is 19.8. The van der Waals surface area contributed by atoms with Crippen LogP contribution >= 0.6 is 7.75 Å². The number of fused-ring (bicyclic) bond motifs is 1. The van der Waals surface area contributed by atoms with Gasteiger partial charge in [-0.15, -0.1) is 0 Å². The van der Waals surface area contributed by atoms with Gasteiger partial charge in [0.25, 0.3) is 0 Å². The molecule has 6 atom stereocenters. The molecule has 1 saturated heterocycles. The van der Waals surface area contributed by atoms with Crippen molar-refractivity contribution in [3.05, 3.63) is 48.7 Å².